The van der Waals surface area contributed by atoms with Gasteiger partial charge in [-0.15, -0.1) is 0 Å². The van der Waals surface area contributed by atoms with E-state index in [1.165, 1.54) is 42.7 Å². The third-order valence-electron chi connectivity index (χ3n) is 10.7. The fourth-order valence-corrected chi connectivity index (χ4v) is 7.78. The number of hydrogen-bond acceptors (Lipinski definition) is 11. The summed E-state index contributed by atoms with van der Waals surface area (Å²) in [6, 6.07) is 16.7. The highest BCUT2D eigenvalue weighted by Gasteiger charge is 2.38. The molecular formula is C43H44Cl2F2N3O9+. The first-order chi connectivity index (χ1) is 28.5. The Kier molecular flexibility index (Phi) is 13.7. The number of aromatic nitrogens is 1. The molecule has 16 heteroatoms. The highest BCUT2D eigenvalue weighted by atomic mass is 35.5. The number of halogens is 4. The van der Waals surface area contributed by atoms with Crippen molar-refractivity contribution in [3.05, 3.63) is 111 Å². The van der Waals surface area contributed by atoms with Crippen LogP contribution in [-0.2, 0) is 30.2 Å². The largest absolute Gasteiger partial charge is 0.497 e. The van der Waals surface area contributed by atoms with Crippen molar-refractivity contribution in [2.75, 3.05) is 45.3 Å². The van der Waals surface area contributed by atoms with E-state index in [4.69, 9.17) is 46.9 Å². The van der Waals surface area contributed by atoms with Crippen LogP contribution in [0.5, 0.6) is 17.2 Å². The summed E-state index contributed by atoms with van der Waals surface area (Å²) in [5.41, 5.74) is 1.98. The number of esters is 3. The zero-order chi connectivity index (χ0) is 41.5. The second-order valence-electron chi connectivity index (χ2n) is 14.8. The summed E-state index contributed by atoms with van der Waals surface area (Å²) in [5, 5.41) is 3.76. The van der Waals surface area contributed by atoms with E-state index in [2.05, 4.69) is 19.9 Å². The van der Waals surface area contributed by atoms with E-state index in [-0.39, 0.29) is 39.6 Å². The molecule has 4 aromatic rings. The first-order valence-corrected chi connectivity index (χ1v) is 20.1. The van der Waals surface area contributed by atoms with Gasteiger partial charge in [0.15, 0.2) is 36.5 Å². The molecule has 4 heterocycles. The van der Waals surface area contributed by atoms with E-state index in [9.17, 15) is 23.2 Å². The quantitative estimate of drug-likeness (QED) is 0.0780. The van der Waals surface area contributed by atoms with Crippen LogP contribution in [0.1, 0.15) is 64.9 Å². The van der Waals surface area contributed by atoms with E-state index in [0.29, 0.717) is 53.1 Å². The minimum atomic E-state index is -3.09. The number of rotatable bonds is 18. The molecule has 3 atom stereocenters. The van der Waals surface area contributed by atoms with Crippen LogP contribution in [0.25, 0.3) is 0 Å². The second-order valence-corrected chi connectivity index (χ2v) is 15.6. The number of piperidine rings is 3. The minimum Gasteiger partial charge on any atom is -0.497 e. The summed E-state index contributed by atoms with van der Waals surface area (Å²) >= 11 is 12.9. The number of carbonyl (C=O) groups excluding carboxylic acids is 3. The number of anilines is 1. The Bertz CT molecular complexity index is 2100. The molecule has 1 aromatic heterocycles. The maximum Gasteiger partial charge on any atom is 0.387 e. The van der Waals surface area contributed by atoms with Gasteiger partial charge in [-0.05, 0) is 104 Å². The highest BCUT2D eigenvalue weighted by molar-refractivity contribution is 6.35. The summed E-state index contributed by atoms with van der Waals surface area (Å²) in [6.07, 6.45) is 5.61. The number of pyridine rings is 1. The molecule has 2 bridgehead atoms. The van der Waals surface area contributed by atoms with Crippen LogP contribution in [0.15, 0.2) is 79.1 Å². The van der Waals surface area contributed by atoms with E-state index in [1.54, 1.807) is 43.5 Å². The molecular weight excluding hydrogens is 811 g/mol. The van der Waals surface area contributed by atoms with Gasteiger partial charge in [0.1, 0.15) is 28.0 Å². The van der Waals surface area contributed by atoms with Crippen molar-refractivity contribution in [2.45, 2.75) is 57.0 Å². The van der Waals surface area contributed by atoms with Gasteiger partial charge >= 0.3 is 24.5 Å². The first-order valence-electron chi connectivity index (χ1n) is 19.4. The predicted molar refractivity (Wildman–Crippen MR) is 212 cm³/mol. The molecule has 2 N–H and O–H groups in total. The summed E-state index contributed by atoms with van der Waals surface area (Å²) in [6.45, 7) is -0.854. The molecule has 312 valence electrons. The number of nitrogens with one attached hydrogen (secondary N) is 2. The van der Waals surface area contributed by atoms with Crippen molar-refractivity contribution in [1.82, 2.24) is 4.90 Å². The third kappa shape index (κ3) is 11.1. The Morgan fingerprint density at radius 1 is 0.915 bits per heavy atom. The maximum absolute atomic E-state index is 13.8. The minimum absolute atomic E-state index is 0.0195. The van der Waals surface area contributed by atoms with Crippen LogP contribution in [0.4, 0.5) is 14.5 Å². The molecule has 3 aliphatic heterocycles. The molecule has 1 saturated carbocycles. The topological polar surface area (TPSA) is 136 Å². The molecule has 3 saturated heterocycles. The number of ether oxygens (including phenoxy) is 6. The van der Waals surface area contributed by atoms with E-state index < -0.39 is 43.3 Å². The highest BCUT2D eigenvalue weighted by Crippen LogP contribution is 2.38. The monoisotopic (exact) mass is 854 g/mol. The van der Waals surface area contributed by atoms with Gasteiger partial charge in [-0.2, -0.15) is 8.78 Å². The number of hydrogen-bond donors (Lipinski definition) is 1. The smallest absolute Gasteiger partial charge is 0.387 e. The number of methoxy groups -OCH3 is 1. The first kappa shape index (κ1) is 42.0. The zero-order valence-electron chi connectivity index (χ0n) is 32.2. The van der Waals surface area contributed by atoms with Crippen molar-refractivity contribution in [2.24, 2.45) is 11.8 Å². The van der Waals surface area contributed by atoms with Gasteiger partial charge < -0.3 is 33.7 Å². The average Bonchev–Trinajstić information content (AvgIpc) is 4.08. The lowest BCUT2D eigenvalue weighted by Crippen LogP contribution is -2.52. The SMILES string of the molecule is COc1ccc(C(Nc2cccc(C(=O)OCC(=O)O[C@@H](Cc3c(Cl)c[nH+]cc3Cl)c3ccc(OC(F)F)c(OCC4CC4)c3)c2)C(=O)O[C@H]2CN3CCC2CC3)cc1. The summed E-state index contributed by atoms with van der Waals surface area (Å²) in [5.74, 6) is -1.07. The van der Waals surface area contributed by atoms with Crippen molar-refractivity contribution < 1.29 is 56.6 Å². The Labute approximate surface area is 350 Å². The van der Waals surface area contributed by atoms with Crippen LogP contribution in [-0.4, -0.2) is 75.5 Å². The van der Waals surface area contributed by atoms with Crippen molar-refractivity contribution in [3.8, 4) is 17.2 Å². The van der Waals surface area contributed by atoms with Crippen molar-refractivity contribution >= 4 is 46.8 Å². The second kappa shape index (κ2) is 19.3. The van der Waals surface area contributed by atoms with Gasteiger partial charge in [-0.3, -0.25) is 4.90 Å². The van der Waals surface area contributed by atoms with E-state index in [1.807, 2.05) is 0 Å². The molecule has 0 amide bonds. The molecule has 59 heavy (non-hydrogen) atoms. The number of carbonyl (C=O) groups is 3. The number of nitrogens with zero attached hydrogens (tertiary/aromatic N) is 1. The average molecular weight is 856 g/mol. The van der Waals surface area contributed by atoms with Crippen LogP contribution >= 0.6 is 23.2 Å². The lowest BCUT2D eigenvalue weighted by Gasteiger charge is -2.44. The van der Waals surface area contributed by atoms with Gasteiger partial charge in [-0.25, -0.2) is 19.4 Å². The summed E-state index contributed by atoms with van der Waals surface area (Å²) in [7, 11) is 1.56. The fourth-order valence-electron chi connectivity index (χ4n) is 7.25. The summed E-state index contributed by atoms with van der Waals surface area (Å²) < 4.78 is 59.7. The maximum atomic E-state index is 13.8. The number of fused-ring (bicyclic) bond motifs is 3. The standard InChI is InChI=1S/C43H43Cl2F2N3O9/c1-54-31-10-7-27(8-11-31)40(42(53)58-38-22-50-15-13-26(38)14-16-50)49-30-4-2-3-29(17-30)41(52)56-24-39(51)57-36(19-32-33(44)20-48-21-34(32)45)28-9-12-35(59-43(46)47)37(18-28)55-23-25-5-6-25/h2-4,7-12,17-18,20-21,25-26,36,38,40,43,49H,5-6,13-16,19,22-24H2,1H3/p+1/t36-,38-,40?/m0/s1. The van der Waals surface area contributed by atoms with Gasteiger partial charge in [0.05, 0.1) is 19.3 Å². The molecule has 8 rings (SSSR count). The van der Waals surface area contributed by atoms with Gasteiger partial charge in [0, 0.05) is 24.2 Å². The molecule has 0 radical (unpaired) electrons. The molecule has 1 unspecified atom stereocenters. The van der Waals surface area contributed by atoms with Gasteiger partial charge in [0.25, 0.3) is 0 Å². The predicted octanol–water partition coefficient (Wildman–Crippen LogP) is 7.68. The normalized spacial score (nSPS) is 19.3. The Morgan fingerprint density at radius 2 is 1.64 bits per heavy atom. The number of alkyl halides is 2. The molecule has 3 aromatic carbocycles. The van der Waals surface area contributed by atoms with E-state index in [0.717, 1.165) is 38.8 Å². The zero-order valence-corrected chi connectivity index (χ0v) is 33.7. The van der Waals surface area contributed by atoms with Crippen LogP contribution in [0.2, 0.25) is 10.0 Å². The lowest BCUT2D eigenvalue weighted by molar-refractivity contribution is -0.377. The molecule has 0 spiro atoms. The lowest BCUT2D eigenvalue weighted by atomic mass is 9.86. The Hall–Kier alpha value is -5.18. The van der Waals surface area contributed by atoms with E-state index >= 15 is 0 Å². The fraction of sp³-hybridized carbons (Fsp3) is 0.395. The van der Waals surface area contributed by atoms with Crippen molar-refractivity contribution in [3.63, 3.8) is 0 Å². The number of aromatic amines is 1. The Morgan fingerprint density at radius 3 is 2.31 bits per heavy atom. The summed E-state index contributed by atoms with van der Waals surface area (Å²) in [4.78, 5) is 45.6. The number of benzene rings is 3. The van der Waals surface area contributed by atoms with Crippen LogP contribution < -0.4 is 24.5 Å². The van der Waals surface area contributed by atoms with Crippen LogP contribution in [0.3, 0.4) is 0 Å². The van der Waals surface area contributed by atoms with Gasteiger partial charge in [0.2, 0.25) is 0 Å². The molecule has 4 aliphatic rings. The van der Waals surface area contributed by atoms with Gasteiger partial charge in [-0.1, -0.05) is 47.5 Å². The Balaban J connectivity index is 1.04. The van der Waals surface area contributed by atoms with Crippen LogP contribution in [0, 0.1) is 11.8 Å². The van der Waals surface area contributed by atoms with Crippen molar-refractivity contribution in [1.29, 1.82) is 0 Å². The third-order valence-corrected chi connectivity index (χ3v) is 11.3. The molecule has 1 aliphatic carbocycles. The number of H-pyrrole nitrogens is 1. The molecule has 4 fully saturated rings. The molecule has 12 nitrogen and oxygen atoms in total.